The van der Waals surface area contributed by atoms with Crippen LogP contribution in [0.5, 0.6) is 0 Å². The van der Waals surface area contributed by atoms with Crippen LogP contribution in [-0.2, 0) is 0 Å². The predicted molar refractivity (Wildman–Crippen MR) is 74.7 cm³/mol. The molecule has 4 nitrogen and oxygen atoms in total. The highest BCUT2D eigenvalue weighted by Gasteiger charge is 2.09. The van der Waals surface area contributed by atoms with Crippen LogP contribution in [0.4, 0.5) is 5.82 Å². The predicted octanol–water partition coefficient (Wildman–Crippen LogP) is 2.40. The summed E-state index contributed by atoms with van der Waals surface area (Å²) in [7, 11) is 4.12. The van der Waals surface area contributed by atoms with Gasteiger partial charge in [-0.3, -0.25) is 0 Å². The van der Waals surface area contributed by atoms with E-state index in [1.807, 2.05) is 24.3 Å². The zero-order valence-corrected chi connectivity index (χ0v) is 10.8. The standard InChI is InChI=1S/C14H18N4/c1-18(2)9-5-8-16-14-12(10-15)11-6-3-4-7-13(11)17-14/h3-4,6-7,16-17H,5,8-9H2,1-2H3. The van der Waals surface area contributed by atoms with Crippen molar-refractivity contribution >= 4 is 16.7 Å². The third-order valence-electron chi connectivity index (χ3n) is 2.90. The van der Waals surface area contributed by atoms with Crippen molar-refractivity contribution < 1.29 is 0 Å². The van der Waals surface area contributed by atoms with E-state index < -0.39 is 0 Å². The highest BCUT2D eigenvalue weighted by atomic mass is 15.1. The average molecular weight is 242 g/mol. The first kappa shape index (κ1) is 12.5. The first-order valence-electron chi connectivity index (χ1n) is 6.12. The molecular weight excluding hydrogens is 224 g/mol. The number of H-pyrrole nitrogens is 1. The van der Waals surface area contributed by atoms with Gasteiger partial charge in [-0.05, 0) is 33.1 Å². The van der Waals surface area contributed by atoms with Crippen LogP contribution in [0.1, 0.15) is 12.0 Å². The fraction of sp³-hybridized carbons (Fsp3) is 0.357. The van der Waals surface area contributed by atoms with Gasteiger partial charge in [-0.1, -0.05) is 18.2 Å². The SMILES string of the molecule is CN(C)CCCNc1[nH]c2ccccc2c1C#N. The molecular formula is C14H18N4. The van der Waals surface area contributed by atoms with Crippen LogP contribution in [0, 0.1) is 11.3 Å². The second-order valence-electron chi connectivity index (χ2n) is 4.62. The molecule has 0 saturated carbocycles. The molecule has 2 N–H and O–H groups in total. The lowest BCUT2D eigenvalue weighted by molar-refractivity contribution is 0.405. The topological polar surface area (TPSA) is 54.8 Å². The largest absolute Gasteiger partial charge is 0.370 e. The summed E-state index contributed by atoms with van der Waals surface area (Å²) in [5.74, 6) is 0.831. The van der Waals surface area contributed by atoms with Gasteiger partial charge in [-0.15, -0.1) is 0 Å². The zero-order chi connectivity index (χ0) is 13.0. The van der Waals surface area contributed by atoms with Crippen LogP contribution in [0.15, 0.2) is 24.3 Å². The van der Waals surface area contributed by atoms with Crippen LogP contribution >= 0.6 is 0 Å². The van der Waals surface area contributed by atoms with Crippen molar-refractivity contribution in [3.05, 3.63) is 29.8 Å². The van der Waals surface area contributed by atoms with Gasteiger partial charge in [-0.25, -0.2) is 0 Å². The number of rotatable bonds is 5. The Hall–Kier alpha value is -1.99. The molecule has 0 saturated heterocycles. The molecule has 0 aliphatic rings. The maximum atomic E-state index is 9.23. The Morgan fingerprint density at radius 3 is 2.83 bits per heavy atom. The molecule has 0 spiro atoms. The molecule has 1 aromatic heterocycles. The first-order chi connectivity index (χ1) is 8.72. The van der Waals surface area contributed by atoms with Crippen molar-refractivity contribution in [3.8, 4) is 6.07 Å². The number of benzene rings is 1. The molecule has 4 heteroatoms. The Morgan fingerprint density at radius 2 is 2.11 bits per heavy atom. The minimum Gasteiger partial charge on any atom is -0.370 e. The molecule has 0 unspecified atom stereocenters. The smallest absolute Gasteiger partial charge is 0.122 e. The minimum atomic E-state index is 0.704. The quantitative estimate of drug-likeness (QED) is 0.792. The van der Waals surface area contributed by atoms with Gasteiger partial charge in [0, 0.05) is 17.4 Å². The van der Waals surface area contributed by atoms with Crippen molar-refractivity contribution in [3.63, 3.8) is 0 Å². The van der Waals surface area contributed by atoms with E-state index in [4.69, 9.17) is 0 Å². The van der Waals surface area contributed by atoms with E-state index in [0.717, 1.165) is 36.2 Å². The van der Waals surface area contributed by atoms with Crippen molar-refractivity contribution in [2.45, 2.75) is 6.42 Å². The van der Waals surface area contributed by atoms with Crippen LogP contribution < -0.4 is 5.32 Å². The maximum Gasteiger partial charge on any atom is 0.122 e. The van der Waals surface area contributed by atoms with E-state index in [2.05, 4.69) is 35.4 Å². The first-order valence-corrected chi connectivity index (χ1v) is 6.12. The second-order valence-corrected chi connectivity index (χ2v) is 4.62. The van der Waals surface area contributed by atoms with Crippen LogP contribution in [0.3, 0.4) is 0 Å². The molecule has 1 aromatic carbocycles. The van der Waals surface area contributed by atoms with E-state index in [1.165, 1.54) is 0 Å². The van der Waals surface area contributed by atoms with Gasteiger partial charge in [0.25, 0.3) is 0 Å². The molecule has 0 fully saturated rings. The van der Waals surface area contributed by atoms with Crippen LogP contribution in [0.25, 0.3) is 10.9 Å². The van der Waals surface area contributed by atoms with Crippen molar-refractivity contribution in [2.75, 3.05) is 32.5 Å². The fourth-order valence-corrected chi connectivity index (χ4v) is 2.00. The molecule has 1 heterocycles. The normalized spacial score (nSPS) is 10.8. The molecule has 0 amide bonds. The summed E-state index contributed by atoms with van der Waals surface area (Å²) in [6, 6.07) is 10.1. The number of nitrogens with one attached hydrogen (secondary N) is 2. The lowest BCUT2D eigenvalue weighted by atomic mass is 10.2. The van der Waals surface area contributed by atoms with Gasteiger partial charge in [0.1, 0.15) is 17.5 Å². The monoisotopic (exact) mass is 242 g/mol. The molecule has 2 aromatic rings. The van der Waals surface area contributed by atoms with Crippen molar-refractivity contribution in [1.82, 2.24) is 9.88 Å². The summed E-state index contributed by atoms with van der Waals surface area (Å²) < 4.78 is 0. The zero-order valence-electron chi connectivity index (χ0n) is 10.8. The molecule has 0 atom stereocenters. The summed E-state index contributed by atoms with van der Waals surface area (Å²) in [5, 5.41) is 13.5. The molecule has 2 rings (SSSR count). The van der Waals surface area contributed by atoms with Gasteiger partial charge < -0.3 is 15.2 Å². The van der Waals surface area contributed by atoms with Crippen molar-refractivity contribution in [2.24, 2.45) is 0 Å². The Morgan fingerprint density at radius 1 is 1.33 bits per heavy atom. The third-order valence-corrected chi connectivity index (χ3v) is 2.90. The number of anilines is 1. The summed E-state index contributed by atoms with van der Waals surface area (Å²) in [5.41, 5.74) is 1.71. The Labute approximate surface area is 107 Å². The molecule has 94 valence electrons. The van der Waals surface area contributed by atoms with E-state index in [1.54, 1.807) is 0 Å². The molecule has 0 aliphatic carbocycles. The number of aromatic nitrogens is 1. The number of para-hydroxylation sites is 1. The molecule has 0 radical (unpaired) electrons. The van der Waals surface area contributed by atoms with Gasteiger partial charge in [0.15, 0.2) is 0 Å². The van der Waals surface area contributed by atoms with E-state index in [9.17, 15) is 5.26 Å². The lowest BCUT2D eigenvalue weighted by Crippen LogP contribution is -2.16. The molecule has 0 aliphatic heterocycles. The molecule has 18 heavy (non-hydrogen) atoms. The fourth-order valence-electron chi connectivity index (χ4n) is 2.00. The summed E-state index contributed by atoms with van der Waals surface area (Å²) in [4.78, 5) is 5.41. The highest BCUT2D eigenvalue weighted by molar-refractivity contribution is 5.91. The van der Waals surface area contributed by atoms with Crippen molar-refractivity contribution in [1.29, 1.82) is 5.26 Å². The highest BCUT2D eigenvalue weighted by Crippen LogP contribution is 2.24. The van der Waals surface area contributed by atoms with Gasteiger partial charge in [0.05, 0.1) is 0 Å². The van der Waals surface area contributed by atoms with E-state index in [0.29, 0.717) is 5.56 Å². The van der Waals surface area contributed by atoms with Crippen LogP contribution in [-0.4, -0.2) is 37.1 Å². The minimum absolute atomic E-state index is 0.704. The van der Waals surface area contributed by atoms with Crippen LogP contribution in [0.2, 0.25) is 0 Å². The van der Waals surface area contributed by atoms with Gasteiger partial charge in [0.2, 0.25) is 0 Å². The average Bonchev–Trinajstić information content (AvgIpc) is 2.71. The summed E-state index contributed by atoms with van der Waals surface area (Å²) >= 11 is 0. The lowest BCUT2D eigenvalue weighted by Gasteiger charge is -2.09. The van der Waals surface area contributed by atoms with Gasteiger partial charge in [-0.2, -0.15) is 5.26 Å². The second kappa shape index (κ2) is 5.56. The Kier molecular flexibility index (Phi) is 3.85. The third kappa shape index (κ3) is 2.63. The number of nitrogens with zero attached hydrogens (tertiary/aromatic N) is 2. The number of fused-ring (bicyclic) bond motifs is 1. The Balaban J connectivity index is 2.11. The van der Waals surface area contributed by atoms with Gasteiger partial charge >= 0.3 is 0 Å². The van der Waals surface area contributed by atoms with E-state index >= 15 is 0 Å². The number of hydrogen-bond donors (Lipinski definition) is 2. The maximum absolute atomic E-state index is 9.23. The number of nitriles is 1. The van der Waals surface area contributed by atoms with E-state index in [-0.39, 0.29) is 0 Å². The summed E-state index contributed by atoms with van der Waals surface area (Å²) in [6.45, 7) is 1.90. The number of aromatic amines is 1. The molecule has 0 bridgehead atoms. The number of hydrogen-bond acceptors (Lipinski definition) is 3. The summed E-state index contributed by atoms with van der Waals surface area (Å²) in [6.07, 6.45) is 1.05. The Bertz CT molecular complexity index is 563.